The van der Waals surface area contributed by atoms with Crippen molar-refractivity contribution in [2.45, 2.75) is 45.1 Å². The van der Waals surface area contributed by atoms with E-state index in [0.29, 0.717) is 18.7 Å². The molecule has 2 rings (SSSR count). The zero-order valence-electron chi connectivity index (χ0n) is 14.7. The summed E-state index contributed by atoms with van der Waals surface area (Å²) in [5.41, 5.74) is 0.596. The number of phenols is 1. The fraction of sp³-hybridized carbons (Fsp3) is 0.556. The molecule has 0 aliphatic carbocycles. The van der Waals surface area contributed by atoms with E-state index >= 15 is 0 Å². The second-order valence-electron chi connectivity index (χ2n) is 7.07. The lowest BCUT2D eigenvalue weighted by Gasteiger charge is -2.34. The van der Waals surface area contributed by atoms with E-state index in [9.17, 15) is 14.7 Å². The van der Waals surface area contributed by atoms with Gasteiger partial charge in [0, 0.05) is 19.0 Å². The van der Waals surface area contributed by atoms with Gasteiger partial charge in [-0.1, -0.05) is 0 Å². The molecular weight excluding hydrogens is 310 g/mol. The van der Waals surface area contributed by atoms with Gasteiger partial charge in [-0.25, -0.2) is 9.59 Å². The number of phenolic OH excluding ortho intramolecular Hbond substituents is 1. The molecule has 1 aliphatic heterocycles. The van der Waals surface area contributed by atoms with E-state index < -0.39 is 11.6 Å². The van der Waals surface area contributed by atoms with Gasteiger partial charge >= 0.3 is 12.1 Å². The number of rotatable bonds is 2. The lowest BCUT2D eigenvalue weighted by Crippen LogP contribution is -2.42. The Hall–Kier alpha value is -2.24. The van der Waals surface area contributed by atoms with Crippen LogP contribution in [0.15, 0.2) is 18.2 Å². The number of aromatic hydroxyl groups is 1. The van der Waals surface area contributed by atoms with Crippen LogP contribution in [0.4, 0.5) is 4.79 Å². The van der Waals surface area contributed by atoms with E-state index in [1.807, 2.05) is 20.8 Å². The van der Waals surface area contributed by atoms with Crippen molar-refractivity contribution >= 4 is 12.1 Å². The number of likely N-dealkylation sites (tertiary alicyclic amines) is 1. The predicted octanol–water partition coefficient (Wildman–Crippen LogP) is 3.29. The lowest BCUT2D eigenvalue weighted by molar-refractivity contribution is 0.0198. The highest BCUT2D eigenvalue weighted by Crippen LogP contribution is 2.31. The van der Waals surface area contributed by atoms with Crippen LogP contribution in [0.2, 0.25) is 0 Å². The molecule has 0 saturated carbocycles. The number of methoxy groups -OCH3 is 1. The summed E-state index contributed by atoms with van der Waals surface area (Å²) >= 11 is 0. The van der Waals surface area contributed by atoms with E-state index in [1.54, 1.807) is 17.0 Å². The molecule has 1 saturated heterocycles. The Morgan fingerprint density at radius 1 is 1.25 bits per heavy atom. The fourth-order valence-corrected chi connectivity index (χ4v) is 2.85. The van der Waals surface area contributed by atoms with E-state index in [4.69, 9.17) is 9.47 Å². The van der Waals surface area contributed by atoms with Crippen LogP contribution in [-0.4, -0.2) is 47.9 Å². The Labute approximate surface area is 142 Å². The molecule has 0 bridgehead atoms. The fourth-order valence-electron chi connectivity index (χ4n) is 2.85. The molecule has 0 radical (unpaired) electrons. The van der Waals surface area contributed by atoms with Crippen LogP contribution in [0.3, 0.4) is 0 Å². The zero-order valence-corrected chi connectivity index (χ0v) is 14.7. The van der Waals surface area contributed by atoms with Crippen molar-refractivity contribution in [2.24, 2.45) is 0 Å². The molecule has 1 aliphatic rings. The number of hydrogen-bond donors (Lipinski definition) is 1. The molecular formula is C18H25NO5. The summed E-state index contributed by atoms with van der Waals surface area (Å²) in [4.78, 5) is 25.7. The Bertz CT molecular complexity index is 620. The molecule has 1 atom stereocenters. The van der Waals surface area contributed by atoms with Crippen LogP contribution in [0, 0.1) is 0 Å². The Morgan fingerprint density at radius 2 is 1.96 bits per heavy atom. The first-order valence-electron chi connectivity index (χ1n) is 8.10. The average Bonchev–Trinajstić information content (AvgIpc) is 2.52. The van der Waals surface area contributed by atoms with Gasteiger partial charge in [-0.15, -0.1) is 0 Å². The quantitative estimate of drug-likeness (QED) is 0.839. The maximum Gasteiger partial charge on any atom is 0.410 e. The number of benzene rings is 1. The second-order valence-corrected chi connectivity index (χ2v) is 7.07. The normalized spacial score (nSPS) is 18.2. The van der Waals surface area contributed by atoms with Crippen LogP contribution in [0.1, 0.15) is 55.5 Å². The molecule has 1 amide bonds. The van der Waals surface area contributed by atoms with Gasteiger partial charge in [0.2, 0.25) is 0 Å². The van der Waals surface area contributed by atoms with Gasteiger partial charge in [0.1, 0.15) is 11.4 Å². The summed E-state index contributed by atoms with van der Waals surface area (Å²) in [7, 11) is 1.30. The molecule has 1 aromatic carbocycles. The standard InChI is InChI=1S/C18H25NO5/c1-18(2,3)24-17(22)19-7-5-6-12(11-19)13-8-14(16(21)23-4)10-15(20)9-13/h8-10,12,20H,5-7,11H2,1-4H3. The Balaban J connectivity index is 2.16. The van der Waals surface area contributed by atoms with Crippen molar-refractivity contribution in [3.63, 3.8) is 0 Å². The minimum atomic E-state index is -0.535. The molecule has 132 valence electrons. The van der Waals surface area contributed by atoms with Gasteiger partial charge in [-0.2, -0.15) is 0 Å². The van der Waals surface area contributed by atoms with Gasteiger partial charge in [-0.3, -0.25) is 0 Å². The van der Waals surface area contributed by atoms with Gasteiger partial charge in [-0.05, 0) is 57.4 Å². The monoisotopic (exact) mass is 335 g/mol. The highest BCUT2D eigenvalue weighted by Gasteiger charge is 2.29. The van der Waals surface area contributed by atoms with Gasteiger partial charge in [0.15, 0.2) is 0 Å². The highest BCUT2D eigenvalue weighted by atomic mass is 16.6. The van der Waals surface area contributed by atoms with Crippen LogP contribution >= 0.6 is 0 Å². The topological polar surface area (TPSA) is 76.1 Å². The van der Waals surface area contributed by atoms with Crippen molar-refractivity contribution in [3.8, 4) is 5.75 Å². The van der Waals surface area contributed by atoms with Crippen molar-refractivity contribution in [3.05, 3.63) is 29.3 Å². The molecule has 0 spiro atoms. The number of piperidine rings is 1. The van der Waals surface area contributed by atoms with Crippen molar-refractivity contribution in [1.29, 1.82) is 0 Å². The van der Waals surface area contributed by atoms with Crippen molar-refractivity contribution < 1.29 is 24.2 Å². The van der Waals surface area contributed by atoms with Crippen molar-refractivity contribution in [1.82, 2.24) is 4.90 Å². The summed E-state index contributed by atoms with van der Waals surface area (Å²) in [5, 5.41) is 9.88. The molecule has 1 aromatic rings. The number of amides is 1. The molecule has 1 N–H and O–H groups in total. The number of hydrogen-bond acceptors (Lipinski definition) is 5. The summed E-state index contributed by atoms with van der Waals surface area (Å²) in [6.45, 7) is 6.66. The van der Waals surface area contributed by atoms with Gasteiger partial charge in [0.05, 0.1) is 12.7 Å². The van der Waals surface area contributed by atoms with E-state index in [2.05, 4.69) is 0 Å². The molecule has 1 unspecified atom stereocenters. The van der Waals surface area contributed by atoms with Crippen LogP contribution in [0.25, 0.3) is 0 Å². The maximum absolute atomic E-state index is 12.3. The summed E-state index contributed by atoms with van der Waals surface area (Å²) in [6, 6.07) is 4.73. The zero-order chi connectivity index (χ0) is 17.9. The number of nitrogens with zero attached hydrogens (tertiary/aromatic N) is 1. The Morgan fingerprint density at radius 3 is 2.58 bits per heavy atom. The first kappa shape index (κ1) is 18.1. The average molecular weight is 335 g/mol. The number of esters is 1. The highest BCUT2D eigenvalue weighted by molar-refractivity contribution is 5.90. The number of carbonyl (C=O) groups is 2. The van der Waals surface area contributed by atoms with E-state index in [0.717, 1.165) is 18.4 Å². The van der Waals surface area contributed by atoms with E-state index in [1.165, 1.54) is 13.2 Å². The summed E-state index contributed by atoms with van der Waals surface area (Å²) in [5.74, 6) is -0.434. The lowest BCUT2D eigenvalue weighted by atomic mass is 9.89. The minimum absolute atomic E-state index is 0.0160. The number of ether oxygens (including phenoxy) is 2. The number of carbonyl (C=O) groups excluding carboxylic acids is 2. The summed E-state index contributed by atoms with van der Waals surface area (Å²) < 4.78 is 10.1. The maximum atomic E-state index is 12.3. The Kier molecular flexibility index (Phi) is 5.36. The summed E-state index contributed by atoms with van der Waals surface area (Å²) in [6.07, 6.45) is 1.39. The SMILES string of the molecule is COC(=O)c1cc(O)cc(C2CCCN(C(=O)OC(C)(C)C)C2)c1. The van der Waals surface area contributed by atoms with Crippen LogP contribution in [-0.2, 0) is 9.47 Å². The van der Waals surface area contributed by atoms with Gasteiger partial charge < -0.3 is 19.5 Å². The second kappa shape index (κ2) is 7.11. The molecule has 24 heavy (non-hydrogen) atoms. The smallest absolute Gasteiger partial charge is 0.410 e. The van der Waals surface area contributed by atoms with Crippen LogP contribution < -0.4 is 0 Å². The third kappa shape index (κ3) is 4.63. The van der Waals surface area contributed by atoms with Crippen molar-refractivity contribution in [2.75, 3.05) is 20.2 Å². The minimum Gasteiger partial charge on any atom is -0.508 e. The van der Waals surface area contributed by atoms with Crippen LogP contribution in [0.5, 0.6) is 5.75 Å². The first-order chi connectivity index (χ1) is 11.2. The molecule has 6 nitrogen and oxygen atoms in total. The molecule has 6 heteroatoms. The third-order valence-corrected chi connectivity index (χ3v) is 3.91. The molecule has 1 fully saturated rings. The molecule has 0 aromatic heterocycles. The van der Waals surface area contributed by atoms with Gasteiger partial charge in [0.25, 0.3) is 0 Å². The first-order valence-corrected chi connectivity index (χ1v) is 8.10. The largest absolute Gasteiger partial charge is 0.508 e. The predicted molar refractivity (Wildman–Crippen MR) is 89.2 cm³/mol. The molecule has 1 heterocycles. The van der Waals surface area contributed by atoms with E-state index in [-0.39, 0.29) is 17.8 Å². The third-order valence-electron chi connectivity index (χ3n) is 3.91.